The van der Waals surface area contributed by atoms with E-state index in [-0.39, 0.29) is 31.9 Å². The summed E-state index contributed by atoms with van der Waals surface area (Å²) in [5, 5.41) is 0. The van der Waals surface area contributed by atoms with Crippen molar-refractivity contribution >= 4 is 37.2 Å². The number of benzene rings is 1. The summed E-state index contributed by atoms with van der Waals surface area (Å²) in [7, 11) is 1.67. The van der Waals surface area contributed by atoms with Crippen molar-refractivity contribution in [3.05, 3.63) is 35.0 Å². The Balaban J connectivity index is 0.00000162. The zero-order chi connectivity index (χ0) is 12.4. The topological polar surface area (TPSA) is 48.1 Å². The first-order valence-corrected chi connectivity index (χ1v) is 6.35. The van der Waals surface area contributed by atoms with Crippen molar-refractivity contribution in [2.45, 2.75) is 19.9 Å². The number of methoxy groups -OCH3 is 1. The molecule has 0 spiro atoms. The smallest absolute Gasteiger partial charge is 0.124 e. The van der Waals surface area contributed by atoms with E-state index in [0.29, 0.717) is 0 Å². The summed E-state index contributed by atoms with van der Waals surface area (Å²) in [6, 6.07) is 6.10. The summed E-state index contributed by atoms with van der Waals surface area (Å²) < 4.78 is 5.39. The number of ether oxygens (including phenoxy) is 1. The lowest BCUT2D eigenvalue weighted by Crippen LogP contribution is -2.06. The Morgan fingerprint density at radius 1 is 1.37 bits per heavy atom. The van der Waals surface area contributed by atoms with Crippen LogP contribution in [0.4, 0.5) is 0 Å². The van der Waals surface area contributed by atoms with Crippen molar-refractivity contribution in [1.29, 1.82) is 0 Å². The van der Waals surface area contributed by atoms with E-state index in [1.165, 1.54) is 4.88 Å². The Morgan fingerprint density at radius 3 is 2.53 bits per heavy atom. The second-order valence-electron chi connectivity index (χ2n) is 4.01. The van der Waals surface area contributed by atoms with E-state index in [4.69, 9.17) is 10.5 Å². The summed E-state index contributed by atoms with van der Waals surface area (Å²) in [5.41, 5.74) is 11.0. The molecule has 2 N–H and O–H groups in total. The molecule has 1 aromatic carbocycles. The van der Waals surface area contributed by atoms with Crippen LogP contribution in [-0.2, 0) is 0 Å². The zero-order valence-electron chi connectivity index (χ0n) is 11.1. The van der Waals surface area contributed by atoms with Crippen LogP contribution in [0.3, 0.4) is 0 Å². The lowest BCUT2D eigenvalue weighted by Gasteiger charge is -2.13. The third kappa shape index (κ3) is 3.86. The fraction of sp³-hybridized carbons (Fsp3) is 0.308. The molecule has 2 aromatic rings. The number of nitrogens with two attached hydrogens (primary N) is 1. The van der Waals surface area contributed by atoms with Crippen molar-refractivity contribution in [1.82, 2.24) is 4.98 Å². The second kappa shape index (κ2) is 7.75. The van der Waals surface area contributed by atoms with Crippen LogP contribution in [0.2, 0.25) is 0 Å². The molecule has 0 fully saturated rings. The largest absolute Gasteiger partial charge is 0.496 e. The third-order valence-corrected chi connectivity index (χ3v) is 3.71. The minimum Gasteiger partial charge on any atom is -0.496 e. The van der Waals surface area contributed by atoms with Crippen LogP contribution in [0.5, 0.6) is 5.75 Å². The molecule has 0 unspecified atom stereocenters. The molecule has 0 saturated carbocycles. The molecule has 0 bridgehead atoms. The van der Waals surface area contributed by atoms with Crippen LogP contribution in [-0.4, -0.2) is 12.1 Å². The van der Waals surface area contributed by atoms with Gasteiger partial charge in [0.1, 0.15) is 5.75 Å². The Labute approximate surface area is 131 Å². The van der Waals surface area contributed by atoms with Gasteiger partial charge in [-0.1, -0.05) is 12.1 Å². The summed E-state index contributed by atoms with van der Waals surface area (Å²) in [6.07, 6.45) is 0. The number of nitrogens with zero attached hydrogens (tertiary/aromatic N) is 1. The number of hydrogen-bond acceptors (Lipinski definition) is 4. The van der Waals surface area contributed by atoms with Gasteiger partial charge < -0.3 is 10.5 Å². The predicted molar refractivity (Wildman–Crippen MR) is 89.1 cm³/mol. The summed E-state index contributed by atoms with van der Waals surface area (Å²) >= 11 is 1.64. The molecule has 3 nitrogen and oxygen atoms in total. The molecule has 0 aliphatic rings. The minimum atomic E-state index is -0.0263. The van der Waals surface area contributed by atoms with Gasteiger partial charge in [-0.25, -0.2) is 4.98 Å². The normalized spacial score (nSPS) is 11.2. The molecule has 1 aromatic heterocycles. The van der Waals surface area contributed by atoms with Gasteiger partial charge in [-0.2, -0.15) is 13.5 Å². The maximum atomic E-state index is 5.90. The van der Waals surface area contributed by atoms with E-state index in [9.17, 15) is 0 Å². The maximum Gasteiger partial charge on any atom is 0.124 e. The van der Waals surface area contributed by atoms with Crippen LogP contribution in [0.25, 0.3) is 10.4 Å². The average Bonchev–Trinajstić information content (AvgIpc) is 2.74. The molecule has 0 aliphatic carbocycles. The highest BCUT2D eigenvalue weighted by molar-refractivity contribution is 7.59. The van der Waals surface area contributed by atoms with E-state index in [0.717, 1.165) is 22.6 Å². The van der Waals surface area contributed by atoms with Gasteiger partial charge in [0.15, 0.2) is 0 Å². The minimum absolute atomic E-state index is 0. The fourth-order valence-electron chi connectivity index (χ4n) is 1.81. The van der Waals surface area contributed by atoms with Gasteiger partial charge in [0.25, 0.3) is 0 Å². The molecule has 0 saturated heterocycles. The van der Waals surface area contributed by atoms with Crippen LogP contribution >= 0.6 is 37.2 Å². The van der Waals surface area contributed by atoms with Gasteiger partial charge in [-0.15, -0.1) is 23.7 Å². The fourth-order valence-corrected chi connectivity index (χ4v) is 2.61. The van der Waals surface area contributed by atoms with Crippen molar-refractivity contribution < 1.29 is 4.74 Å². The number of rotatable bonds is 3. The monoisotopic (exact) mass is 318 g/mol. The highest BCUT2D eigenvalue weighted by Gasteiger charge is 2.11. The number of hydrogen-bond donors (Lipinski definition) is 1. The SMILES string of the molecule is COc1cc(-c2scnc2C)ccc1[C@H](C)N.Cl.S. The van der Waals surface area contributed by atoms with Crippen LogP contribution in [0.15, 0.2) is 23.7 Å². The van der Waals surface area contributed by atoms with E-state index < -0.39 is 0 Å². The Morgan fingerprint density at radius 2 is 2.05 bits per heavy atom. The standard InChI is InChI=1S/C13H16N2OS.ClH.H2S/c1-8(14)11-5-4-10(6-12(11)16-3)13-9(2)15-7-17-13;;/h4-8H,14H2,1-3H3;1H;1H2/t8-;;/m0../s1. The van der Waals surface area contributed by atoms with E-state index in [2.05, 4.69) is 11.1 Å². The van der Waals surface area contributed by atoms with E-state index >= 15 is 0 Å². The van der Waals surface area contributed by atoms with Crippen molar-refractivity contribution in [3.63, 3.8) is 0 Å². The molecule has 0 amide bonds. The molecular weight excluding hydrogens is 300 g/mol. The van der Waals surface area contributed by atoms with Crippen LogP contribution in [0, 0.1) is 6.92 Å². The molecule has 1 atom stereocenters. The van der Waals surface area contributed by atoms with Crippen LogP contribution in [0.1, 0.15) is 24.2 Å². The Hall–Kier alpha value is -0.750. The van der Waals surface area contributed by atoms with Crippen molar-refractivity contribution in [2.75, 3.05) is 7.11 Å². The van der Waals surface area contributed by atoms with E-state index in [1.54, 1.807) is 18.4 Å². The molecular formula is C13H19ClN2OS2. The summed E-state index contributed by atoms with van der Waals surface area (Å²) in [4.78, 5) is 5.44. The average molecular weight is 319 g/mol. The van der Waals surface area contributed by atoms with E-state index in [1.807, 2.05) is 31.5 Å². The number of thiazole rings is 1. The van der Waals surface area contributed by atoms with Gasteiger partial charge in [0.05, 0.1) is 23.2 Å². The van der Waals surface area contributed by atoms with Gasteiger partial charge in [-0.3, -0.25) is 0 Å². The zero-order valence-corrected chi connectivity index (χ0v) is 13.8. The highest BCUT2D eigenvalue weighted by atomic mass is 35.5. The first kappa shape index (κ1) is 18.2. The first-order valence-electron chi connectivity index (χ1n) is 5.47. The van der Waals surface area contributed by atoms with Gasteiger partial charge in [-0.05, 0) is 25.5 Å². The van der Waals surface area contributed by atoms with Gasteiger partial charge >= 0.3 is 0 Å². The maximum absolute atomic E-state index is 5.90. The predicted octanol–water partition coefficient (Wildman–Crippen LogP) is 3.68. The molecule has 19 heavy (non-hydrogen) atoms. The quantitative estimate of drug-likeness (QED) is 0.939. The van der Waals surface area contributed by atoms with Gasteiger partial charge in [0.2, 0.25) is 0 Å². The Kier molecular flexibility index (Phi) is 7.44. The second-order valence-corrected chi connectivity index (χ2v) is 4.87. The van der Waals surface area contributed by atoms with Crippen molar-refractivity contribution in [3.8, 4) is 16.2 Å². The third-order valence-electron chi connectivity index (χ3n) is 2.73. The van der Waals surface area contributed by atoms with Gasteiger partial charge in [0, 0.05) is 11.6 Å². The summed E-state index contributed by atoms with van der Waals surface area (Å²) in [5.74, 6) is 0.838. The lowest BCUT2D eigenvalue weighted by atomic mass is 10.0. The number of aryl methyl sites for hydroxylation is 1. The molecule has 2 rings (SSSR count). The molecule has 6 heteroatoms. The summed E-state index contributed by atoms with van der Waals surface area (Å²) in [6.45, 7) is 3.97. The molecule has 0 aliphatic heterocycles. The number of halogens is 1. The first-order chi connectivity index (χ1) is 8.13. The molecule has 1 heterocycles. The highest BCUT2D eigenvalue weighted by Crippen LogP contribution is 2.33. The molecule has 0 radical (unpaired) electrons. The van der Waals surface area contributed by atoms with Crippen LogP contribution < -0.4 is 10.5 Å². The molecule has 106 valence electrons. The lowest BCUT2D eigenvalue weighted by molar-refractivity contribution is 0.407. The number of aromatic nitrogens is 1. The van der Waals surface area contributed by atoms with Crippen molar-refractivity contribution in [2.24, 2.45) is 5.73 Å². The Bertz CT molecular complexity index is 529.